The maximum Gasteiger partial charge on any atom is 0.142 e. The van der Waals surface area contributed by atoms with Crippen LogP contribution in [0, 0.1) is 0 Å². The van der Waals surface area contributed by atoms with E-state index in [1.54, 1.807) is 17.7 Å². The first-order valence-corrected chi connectivity index (χ1v) is 6.97. The van der Waals surface area contributed by atoms with E-state index in [0.717, 1.165) is 35.6 Å². The highest BCUT2D eigenvalue weighted by atomic mass is 32.1. The molecule has 1 aliphatic rings. The van der Waals surface area contributed by atoms with Crippen LogP contribution in [0.1, 0.15) is 16.6 Å². The molecule has 4 heterocycles. The Morgan fingerprint density at radius 2 is 2.32 bits per heavy atom. The fraction of sp³-hybridized carbons (Fsp3) is 0.250. The number of aromatic nitrogens is 4. The fourth-order valence-electron chi connectivity index (χ4n) is 2.39. The SMILES string of the molecule is c1nc(N[C@@H]2CNCc3ncsc32)c2cc[nH]c2n1. The molecule has 3 N–H and O–H groups in total. The Hall–Kier alpha value is -1.99. The van der Waals surface area contributed by atoms with Crippen molar-refractivity contribution in [2.75, 3.05) is 11.9 Å². The van der Waals surface area contributed by atoms with Gasteiger partial charge < -0.3 is 15.6 Å². The predicted octanol–water partition coefficient (Wildman–Crippen LogP) is 1.67. The molecule has 7 heteroatoms. The van der Waals surface area contributed by atoms with Gasteiger partial charge in [0.2, 0.25) is 0 Å². The van der Waals surface area contributed by atoms with Crippen molar-refractivity contribution in [3.63, 3.8) is 0 Å². The van der Waals surface area contributed by atoms with Crippen molar-refractivity contribution in [3.8, 4) is 0 Å². The van der Waals surface area contributed by atoms with Crippen molar-refractivity contribution in [3.05, 3.63) is 34.7 Å². The van der Waals surface area contributed by atoms with Crippen LogP contribution in [-0.2, 0) is 6.54 Å². The van der Waals surface area contributed by atoms with Crippen molar-refractivity contribution < 1.29 is 0 Å². The quantitative estimate of drug-likeness (QED) is 0.661. The van der Waals surface area contributed by atoms with E-state index in [9.17, 15) is 0 Å². The van der Waals surface area contributed by atoms with Gasteiger partial charge in [-0.15, -0.1) is 11.3 Å². The van der Waals surface area contributed by atoms with Crippen LogP contribution in [-0.4, -0.2) is 26.5 Å². The van der Waals surface area contributed by atoms with E-state index >= 15 is 0 Å². The molecule has 6 nitrogen and oxygen atoms in total. The summed E-state index contributed by atoms with van der Waals surface area (Å²) in [6.07, 6.45) is 3.45. The lowest BCUT2D eigenvalue weighted by molar-refractivity contribution is 0.578. The monoisotopic (exact) mass is 272 g/mol. The molecular formula is C12H12N6S. The molecule has 1 aliphatic heterocycles. The Labute approximate surface area is 113 Å². The second-order valence-electron chi connectivity index (χ2n) is 4.45. The van der Waals surface area contributed by atoms with Crippen molar-refractivity contribution in [1.82, 2.24) is 25.3 Å². The van der Waals surface area contributed by atoms with Crippen LogP contribution < -0.4 is 10.6 Å². The number of fused-ring (bicyclic) bond motifs is 2. The van der Waals surface area contributed by atoms with Crippen LogP contribution >= 0.6 is 11.3 Å². The van der Waals surface area contributed by atoms with Gasteiger partial charge in [0.15, 0.2) is 0 Å². The summed E-state index contributed by atoms with van der Waals surface area (Å²) >= 11 is 1.70. The van der Waals surface area contributed by atoms with Crippen LogP contribution in [0.15, 0.2) is 24.1 Å². The lowest BCUT2D eigenvalue weighted by Gasteiger charge is -2.24. The van der Waals surface area contributed by atoms with Gasteiger partial charge in [-0.3, -0.25) is 0 Å². The molecule has 0 bridgehead atoms. The molecule has 3 aromatic rings. The Morgan fingerprint density at radius 3 is 3.32 bits per heavy atom. The zero-order valence-corrected chi connectivity index (χ0v) is 10.9. The number of rotatable bonds is 2. The topological polar surface area (TPSA) is 78.5 Å². The first-order valence-electron chi connectivity index (χ1n) is 6.09. The largest absolute Gasteiger partial charge is 0.360 e. The lowest BCUT2D eigenvalue weighted by atomic mass is 10.1. The molecular weight excluding hydrogens is 260 g/mol. The van der Waals surface area contributed by atoms with E-state index < -0.39 is 0 Å². The molecule has 0 aliphatic carbocycles. The Bertz CT molecular complexity index is 718. The first-order chi connectivity index (χ1) is 9.42. The number of thiazole rings is 1. The third-order valence-electron chi connectivity index (χ3n) is 3.29. The van der Waals surface area contributed by atoms with Crippen LogP contribution in [0.4, 0.5) is 5.82 Å². The summed E-state index contributed by atoms with van der Waals surface area (Å²) in [4.78, 5) is 17.3. The molecule has 0 aromatic carbocycles. The fourth-order valence-corrected chi connectivity index (χ4v) is 3.25. The Kier molecular flexibility index (Phi) is 2.46. The van der Waals surface area contributed by atoms with E-state index in [4.69, 9.17) is 0 Å². The average molecular weight is 272 g/mol. The summed E-state index contributed by atoms with van der Waals surface area (Å²) in [6, 6.07) is 2.20. The molecule has 0 unspecified atom stereocenters. The summed E-state index contributed by atoms with van der Waals surface area (Å²) in [5, 5.41) is 7.87. The van der Waals surface area contributed by atoms with Gasteiger partial charge in [-0.1, -0.05) is 0 Å². The van der Waals surface area contributed by atoms with Gasteiger partial charge in [0.1, 0.15) is 17.8 Å². The summed E-state index contributed by atoms with van der Waals surface area (Å²) in [7, 11) is 0. The molecule has 96 valence electrons. The number of nitrogens with zero attached hydrogens (tertiary/aromatic N) is 3. The molecule has 0 fully saturated rings. The third kappa shape index (κ3) is 1.78. The van der Waals surface area contributed by atoms with Gasteiger partial charge in [-0.25, -0.2) is 15.0 Å². The van der Waals surface area contributed by atoms with Crippen LogP contribution in [0.3, 0.4) is 0 Å². The van der Waals surface area contributed by atoms with E-state index in [-0.39, 0.29) is 6.04 Å². The van der Waals surface area contributed by atoms with Crippen molar-refractivity contribution in [1.29, 1.82) is 0 Å². The minimum Gasteiger partial charge on any atom is -0.360 e. The zero-order chi connectivity index (χ0) is 12.7. The number of aromatic amines is 1. The number of nitrogens with one attached hydrogen (secondary N) is 3. The molecule has 0 spiro atoms. The van der Waals surface area contributed by atoms with Crippen molar-refractivity contribution in [2.24, 2.45) is 0 Å². The van der Waals surface area contributed by atoms with Crippen LogP contribution in [0.5, 0.6) is 0 Å². The standard InChI is InChI=1S/C12H12N6S/c1-2-14-11-7(1)12(16-5-15-11)18-9-4-13-3-8-10(9)19-6-17-8/h1-2,5-6,9,13H,3-4H2,(H2,14,15,16,18)/t9-/m1/s1. The first kappa shape index (κ1) is 10.9. The van der Waals surface area contributed by atoms with Gasteiger partial charge in [-0.05, 0) is 6.07 Å². The van der Waals surface area contributed by atoms with Gasteiger partial charge in [0.25, 0.3) is 0 Å². The van der Waals surface area contributed by atoms with Crippen LogP contribution in [0.2, 0.25) is 0 Å². The van der Waals surface area contributed by atoms with Crippen LogP contribution in [0.25, 0.3) is 11.0 Å². The lowest BCUT2D eigenvalue weighted by Crippen LogP contribution is -2.31. The van der Waals surface area contributed by atoms with Crippen molar-refractivity contribution >= 4 is 28.2 Å². The average Bonchev–Trinajstić information content (AvgIpc) is 3.08. The molecule has 0 amide bonds. The van der Waals surface area contributed by atoms with Gasteiger partial charge >= 0.3 is 0 Å². The normalized spacial score (nSPS) is 18.4. The molecule has 19 heavy (non-hydrogen) atoms. The maximum absolute atomic E-state index is 4.38. The number of hydrogen-bond donors (Lipinski definition) is 3. The van der Waals surface area contributed by atoms with E-state index in [1.165, 1.54) is 4.88 Å². The second kappa shape index (κ2) is 4.29. The Balaban J connectivity index is 1.71. The van der Waals surface area contributed by atoms with Gasteiger partial charge in [-0.2, -0.15) is 0 Å². The highest BCUT2D eigenvalue weighted by Gasteiger charge is 2.23. The summed E-state index contributed by atoms with van der Waals surface area (Å²) in [5.41, 5.74) is 3.89. The third-order valence-corrected chi connectivity index (χ3v) is 4.28. The summed E-state index contributed by atoms with van der Waals surface area (Å²) in [5.74, 6) is 0.860. The van der Waals surface area contributed by atoms with Gasteiger partial charge in [0.05, 0.1) is 27.5 Å². The zero-order valence-electron chi connectivity index (χ0n) is 10.1. The predicted molar refractivity (Wildman–Crippen MR) is 74.1 cm³/mol. The maximum atomic E-state index is 4.38. The smallest absolute Gasteiger partial charge is 0.142 e. The molecule has 1 atom stereocenters. The molecule has 3 aromatic heterocycles. The number of anilines is 1. The second-order valence-corrected chi connectivity index (χ2v) is 5.34. The molecule has 4 rings (SSSR count). The minimum atomic E-state index is 0.212. The molecule has 0 radical (unpaired) electrons. The van der Waals surface area contributed by atoms with E-state index in [2.05, 4.69) is 30.6 Å². The summed E-state index contributed by atoms with van der Waals surface area (Å²) < 4.78 is 0. The number of hydrogen-bond acceptors (Lipinski definition) is 6. The van der Waals surface area contributed by atoms with Gasteiger partial charge in [0, 0.05) is 19.3 Å². The molecule has 0 saturated heterocycles. The summed E-state index contributed by atoms with van der Waals surface area (Å²) in [6.45, 7) is 1.73. The number of H-pyrrole nitrogens is 1. The molecule has 0 saturated carbocycles. The minimum absolute atomic E-state index is 0.212. The Morgan fingerprint density at radius 1 is 1.32 bits per heavy atom. The van der Waals surface area contributed by atoms with E-state index in [1.807, 2.05) is 17.8 Å². The van der Waals surface area contributed by atoms with Crippen molar-refractivity contribution in [2.45, 2.75) is 12.6 Å². The highest BCUT2D eigenvalue weighted by molar-refractivity contribution is 7.09. The van der Waals surface area contributed by atoms with E-state index in [0.29, 0.717) is 0 Å². The highest BCUT2D eigenvalue weighted by Crippen LogP contribution is 2.29.